The van der Waals surface area contributed by atoms with Gasteiger partial charge in [-0.15, -0.1) is 0 Å². The smallest absolute Gasteiger partial charge is 0.410 e. The Labute approximate surface area is 143 Å². The van der Waals surface area contributed by atoms with Gasteiger partial charge in [-0.05, 0) is 51.3 Å². The van der Waals surface area contributed by atoms with Gasteiger partial charge in [0.15, 0.2) is 0 Å². The van der Waals surface area contributed by atoms with E-state index in [0.29, 0.717) is 13.1 Å². The number of carbonyl (C=O) groups excluding carboxylic acids is 1. The van der Waals surface area contributed by atoms with Crippen LogP contribution >= 0.6 is 11.6 Å². The summed E-state index contributed by atoms with van der Waals surface area (Å²) >= 11 is 5.97. The van der Waals surface area contributed by atoms with Crippen LogP contribution < -0.4 is 0 Å². The lowest BCUT2D eigenvalue weighted by Crippen LogP contribution is -2.40. The number of amides is 1. The first kappa shape index (κ1) is 17.6. The minimum absolute atomic E-state index is 0.217. The summed E-state index contributed by atoms with van der Waals surface area (Å²) in [6, 6.07) is 7.76. The zero-order valence-electron chi connectivity index (χ0n) is 14.0. The summed E-state index contributed by atoms with van der Waals surface area (Å²) in [4.78, 5) is 13.8. The van der Waals surface area contributed by atoms with Gasteiger partial charge in [0.1, 0.15) is 5.60 Å². The lowest BCUT2D eigenvalue weighted by Gasteiger charge is -2.30. The minimum atomic E-state index is -0.438. The molecular weight excluding hydrogens is 310 g/mol. The van der Waals surface area contributed by atoms with Gasteiger partial charge < -0.3 is 9.64 Å². The van der Waals surface area contributed by atoms with Gasteiger partial charge in [0, 0.05) is 18.1 Å². The molecule has 1 aliphatic heterocycles. The first-order valence-corrected chi connectivity index (χ1v) is 8.31. The molecule has 1 fully saturated rings. The predicted octanol–water partition coefficient (Wildman–Crippen LogP) is 5.31. The molecule has 1 saturated heterocycles. The highest BCUT2D eigenvalue weighted by atomic mass is 35.5. The molecule has 1 aromatic rings. The number of hydrogen-bond donors (Lipinski definition) is 0. The molecule has 1 aliphatic rings. The van der Waals surface area contributed by atoms with Crippen molar-refractivity contribution in [1.82, 2.24) is 4.90 Å². The molecule has 124 valence electrons. The standard InChI is InChI=1S/C19H24ClNO2/c1-19(2,3)23-18(22)21-12-10-15(11-13-21)6-4-7-16-8-5-9-17(20)14-16/h4-9,14H,10-13H2,1-3H3/b7-4+. The summed E-state index contributed by atoms with van der Waals surface area (Å²) in [6.45, 7) is 7.10. The summed E-state index contributed by atoms with van der Waals surface area (Å²) in [5.74, 6) is 0. The molecule has 0 N–H and O–H groups in total. The van der Waals surface area contributed by atoms with Crippen molar-refractivity contribution >= 4 is 23.8 Å². The van der Waals surface area contributed by atoms with E-state index in [2.05, 4.69) is 6.08 Å². The second kappa shape index (κ2) is 7.69. The van der Waals surface area contributed by atoms with Crippen LogP contribution in [-0.2, 0) is 4.74 Å². The molecule has 0 atom stereocenters. The third-order valence-corrected chi connectivity index (χ3v) is 3.76. The Morgan fingerprint density at radius 2 is 1.96 bits per heavy atom. The van der Waals surface area contributed by atoms with E-state index >= 15 is 0 Å². The van der Waals surface area contributed by atoms with E-state index in [0.717, 1.165) is 23.4 Å². The second-order valence-electron chi connectivity index (χ2n) is 6.71. The molecule has 0 spiro atoms. The third-order valence-electron chi connectivity index (χ3n) is 3.53. The molecule has 1 heterocycles. The van der Waals surface area contributed by atoms with Crippen LogP contribution in [0.1, 0.15) is 39.2 Å². The first-order chi connectivity index (χ1) is 10.8. The molecular formula is C19H24ClNO2. The summed E-state index contributed by atoms with van der Waals surface area (Å²) in [6.07, 6.45) is 7.78. The SMILES string of the molecule is CC(C)(C)OC(=O)N1CCC(=C/C=C/c2cccc(Cl)c2)CC1. The van der Waals surface area contributed by atoms with Gasteiger partial charge in [0.2, 0.25) is 0 Å². The topological polar surface area (TPSA) is 29.5 Å². The highest BCUT2D eigenvalue weighted by Gasteiger charge is 2.24. The quantitative estimate of drug-likeness (QED) is 0.734. The number of benzene rings is 1. The van der Waals surface area contributed by atoms with Gasteiger partial charge in [0.05, 0.1) is 0 Å². The number of ether oxygens (including phenoxy) is 1. The summed E-state index contributed by atoms with van der Waals surface area (Å²) in [7, 11) is 0. The molecule has 0 bridgehead atoms. The van der Waals surface area contributed by atoms with Gasteiger partial charge in [-0.3, -0.25) is 0 Å². The van der Waals surface area contributed by atoms with Crippen molar-refractivity contribution in [3.05, 3.63) is 52.6 Å². The molecule has 2 rings (SSSR count). The molecule has 1 aromatic carbocycles. The molecule has 0 saturated carbocycles. The number of piperidine rings is 1. The van der Waals surface area contributed by atoms with Crippen molar-refractivity contribution in [3.8, 4) is 0 Å². The fourth-order valence-corrected chi connectivity index (χ4v) is 2.57. The molecule has 0 aromatic heterocycles. The van der Waals surface area contributed by atoms with Crippen LogP contribution in [-0.4, -0.2) is 29.7 Å². The van der Waals surface area contributed by atoms with E-state index in [9.17, 15) is 4.79 Å². The Morgan fingerprint density at radius 1 is 1.26 bits per heavy atom. The van der Waals surface area contributed by atoms with Crippen LogP contribution in [0.25, 0.3) is 6.08 Å². The van der Waals surface area contributed by atoms with Crippen molar-refractivity contribution in [3.63, 3.8) is 0 Å². The van der Waals surface area contributed by atoms with E-state index < -0.39 is 5.60 Å². The number of likely N-dealkylation sites (tertiary alicyclic amines) is 1. The maximum Gasteiger partial charge on any atom is 0.410 e. The molecule has 4 heteroatoms. The minimum Gasteiger partial charge on any atom is -0.444 e. The molecule has 0 aliphatic carbocycles. The fourth-order valence-electron chi connectivity index (χ4n) is 2.38. The third kappa shape index (κ3) is 6.11. The van der Waals surface area contributed by atoms with Crippen LogP contribution in [0.3, 0.4) is 0 Å². The molecule has 1 amide bonds. The largest absolute Gasteiger partial charge is 0.444 e. The predicted molar refractivity (Wildman–Crippen MR) is 95.6 cm³/mol. The summed E-state index contributed by atoms with van der Waals surface area (Å²) < 4.78 is 5.40. The van der Waals surface area contributed by atoms with Crippen LogP contribution in [0.4, 0.5) is 4.79 Å². The summed E-state index contributed by atoms with van der Waals surface area (Å²) in [5, 5.41) is 0.741. The van der Waals surface area contributed by atoms with Gasteiger partial charge in [-0.2, -0.15) is 0 Å². The van der Waals surface area contributed by atoms with Crippen molar-refractivity contribution in [2.24, 2.45) is 0 Å². The highest BCUT2D eigenvalue weighted by Crippen LogP contribution is 2.19. The Hall–Kier alpha value is -1.74. The van der Waals surface area contributed by atoms with Crippen molar-refractivity contribution in [2.75, 3.05) is 13.1 Å². The Morgan fingerprint density at radius 3 is 2.57 bits per heavy atom. The number of halogens is 1. The van der Waals surface area contributed by atoms with E-state index in [1.807, 2.05) is 57.2 Å². The van der Waals surface area contributed by atoms with Crippen molar-refractivity contribution in [1.29, 1.82) is 0 Å². The van der Waals surface area contributed by atoms with Crippen LogP contribution in [0.15, 0.2) is 42.0 Å². The molecule has 0 radical (unpaired) electrons. The van der Waals surface area contributed by atoms with E-state index in [1.165, 1.54) is 5.57 Å². The number of carbonyl (C=O) groups is 1. The normalized spacial score (nSPS) is 15.8. The number of nitrogens with zero attached hydrogens (tertiary/aromatic N) is 1. The van der Waals surface area contributed by atoms with Crippen LogP contribution in [0, 0.1) is 0 Å². The lowest BCUT2D eigenvalue weighted by molar-refractivity contribution is 0.0236. The Kier molecular flexibility index (Phi) is 5.89. The number of hydrogen-bond acceptors (Lipinski definition) is 2. The molecule has 23 heavy (non-hydrogen) atoms. The summed E-state index contributed by atoms with van der Waals surface area (Å²) in [5.41, 5.74) is 2.00. The van der Waals surface area contributed by atoms with E-state index in [1.54, 1.807) is 4.90 Å². The maximum absolute atomic E-state index is 12.0. The van der Waals surface area contributed by atoms with Crippen LogP contribution in [0.5, 0.6) is 0 Å². The van der Waals surface area contributed by atoms with Gasteiger partial charge in [-0.25, -0.2) is 4.79 Å². The average molecular weight is 334 g/mol. The Bertz CT molecular complexity index is 604. The molecule has 0 unspecified atom stereocenters. The number of allylic oxidation sites excluding steroid dienone is 2. The Balaban J connectivity index is 1.85. The van der Waals surface area contributed by atoms with E-state index in [-0.39, 0.29) is 6.09 Å². The van der Waals surface area contributed by atoms with Crippen molar-refractivity contribution in [2.45, 2.75) is 39.2 Å². The monoisotopic (exact) mass is 333 g/mol. The maximum atomic E-state index is 12.0. The first-order valence-electron chi connectivity index (χ1n) is 7.93. The van der Waals surface area contributed by atoms with Crippen LogP contribution in [0.2, 0.25) is 5.02 Å². The average Bonchev–Trinajstić information content (AvgIpc) is 2.46. The van der Waals surface area contributed by atoms with Gasteiger partial charge in [0.25, 0.3) is 0 Å². The van der Waals surface area contributed by atoms with Gasteiger partial charge >= 0.3 is 6.09 Å². The zero-order chi connectivity index (χ0) is 16.9. The lowest BCUT2D eigenvalue weighted by atomic mass is 10.0. The number of rotatable bonds is 2. The van der Waals surface area contributed by atoms with Crippen molar-refractivity contribution < 1.29 is 9.53 Å². The zero-order valence-corrected chi connectivity index (χ0v) is 14.8. The second-order valence-corrected chi connectivity index (χ2v) is 7.14. The van der Waals surface area contributed by atoms with Gasteiger partial charge in [-0.1, -0.05) is 47.5 Å². The molecule has 3 nitrogen and oxygen atoms in total. The highest BCUT2D eigenvalue weighted by molar-refractivity contribution is 6.30. The van der Waals surface area contributed by atoms with E-state index in [4.69, 9.17) is 16.3 Å². The fraction of sp³-hybridized carbons (Fsp3) is 0.421.